The van der Waals surface area contributed by atoms with E-state index in [1.807, 2.05) is 0 Å². The van der Waals surface area contributed by atoms with Crippen molar-refractivity contribution in [1.29, 1.82) is 0 Å². The van der Waals surface area contributed by atoms with Gasteiger partial charge in [0.2, 0.25) is 0 Å². The zero-order valence-electron chi connectivity index (χ0n) is 7.85. The number of aliphatic hydroxyl groups excluding tert-OH is 1. The molecule has 0 spiro atoms. The number of nitrogens with one attached hydrogen (secondary N) is 1. The van der Waals surface area contributed by atoms with E-state index in [1.165, 1.54) is 0 Å². The Morgan fingerprint density at radius 3 is 2.27 bits per heavy atom. The van der Waals surface area contributed by atoms with Crippen LogP contribution in [0.3, 0.4) is 0 Å². The predicted molar refractivity (Wildman–Crippen MR) is 45.6 cm³/mol. The summed E-state index contributed by atoms with van der Waals surface area (Å²) in [4.78, 5) is 0. The van der Waals surface area contributed by atoms with Gasteiger partial charge in [-0.05, 0) is 20.8 Å². The summed E-state index contributed by atoms with van der Waals surface area (Å²) >= 11 is 0. The topological polar surface area (TPSA) is 41.5 Å². The van der Waals surface area contributed by atoms with Gasteiger partial charge in [-0.15, -0.1) is 0 Å². The highest BCUT2D eigenvalue weighted by Crippen LogP contribution is 2.00. The molecule has 68 valence electrons. The van der Waals surface area contributed by atoms with E-state index in [1.54, 1.807) is 7.11 Å². The second-order valence-corrected chi connectivity index (χ2v) is 3.73. The molecule has 0 amide bonds. The van der Waals surface area contributed by atoms with Crippen molar-refractivity contribution in [2.24, 2.45) is 0 Å². The van der Waals surface area contributed by atoms with Gasteiger partial charge in [-0.3, -0.25) is 0 Å². The van der Waals surface area contributed by atoms with Crippen LogP contribution in [0.4, 0.5) is 0 Å². The SMILES string of the molecule is COC[C@@H](CO)NC(C)(C)C. The average Bonchev–Trinajstić information content (AvgIpc) is 1.84. The summed E-state index contributed by atoms with van der Waals surface area (Å²) in [5, 5.41) is 12.1. The molecule has 0 bridgehead atoms. The fraction of sp³-hybridized carbons (Fsp3) is 1.00. The average molecular weight is 161 g/mol. The van der Waals surface area contributed by atoms with E-state index in [4.69, 9.17) is 9.84 Å². The maximum Gasteiger partial charge on any atom is 0.0638 e. The van der Waals surface area contributed by atoms with Crippen molar-refractivity contribution >= 4 is 0 Å². The summed E-state index contributed by atoms with van der Waals surface area (Å²) in [7, 11) is 1.63. The Morgan fingerprint density at radius 1 is 1.45 bits per heavy atom. The van der Waals surface area contributed by atoms with Crippen molar-refractivity contribution in [1.82, 2.24) is 5.32 Å². The van der Waals surface area contributed by atoms with Gasteiger partial charge in [0.1, 0.15) is 0 Å². The largest absolute Gasteiger partial charge is 0.395 e. The first-order valence-corrected chi connectivity index (χ1v) is 3.87. The van der Waals surface area contributed by atoms with Crippen LogP contribution in [0.15, 0.2) is 0 Å². The number of rotatable bonds is 4. The molecule has 1 atom stereocenters. The fourth-order valence-corrected chi connectivity index (χ4v) is 0.954. The Labute approximate surface area is 68.8 Å². The highest BCUT2D eigenvalue weighted by Gasteiger charge is 2.15. The maximum atomic E-state index is 8.88. The van der Waals surface area contributed by atoms with Crippen molar-refractivity contribution in [3.63, 3.8) is 0 Å². The zero-order chi connectivity index (χ0) is 8.91. The molecule has 0 radical (unpaired) electrons. The van der Waals surface area contributed by atoms with Gasteiger partial charge < -0.3 is 15.2 Å². The molecule has 0 aromatic carbocycles. The van der Waals surface area contributed by atoms with Gasteiger partial charge in [-0.1, -0.05) is 0 Å². The van der Waals surface area contributed by atoms with Crippen molar-refractivity contribution in [3.8, 4) is 0 Å². The summed E-state index contributed by atoms with van der Waals surface area (Å²) in [6.07, 6.45) is 0. The molecule has 2 N–H and O–H groups in total. The molecular formula is C8H19NO2. The molecule has 0 aromatic rings. The molecule has 3 heteroatoms. The molecule has 0 heterocycles. The Kier molecular flexibility index (Phi) is 4.65. The van der Waals surface area contributed by atoms with Crippen LogP contribution in [0.2, 0.25) is 0 Å². The van der Waals surface area contributed by atoms with Crippen molar-refractivity contribution in [3.05, 3.63) is 0 Å². The van der Waals surface area contributed by atoms with Crippen molar-refractivity contribution in [2.45, 2.75) is 32.4 Å². The smallest absolute Gasteiger partial charge is 0.0638 e. The molecule has 0 rings (SSSR count). The van der Waals surface area contributed by atoms with Crippen LogP contribution in [0.25, 0.3) is 0 Å². The third-order valence-corrected chi connectivity index (χ3v) is 1.23. The minimum absolute atomic E-state index is 0.0337. The number of methoxy groups -OCH3 is 1. The minimum atomic E-state index is 0.0337. The summed E-state index contributed by atoms with van der Waals surface area (Å²) in [5.41, 5.74) is 0.0337. The Bertz CT molecular complexity index is 98.8. The number of hydrogen-bond donors (Lipinski definition) is 2. The van der Waals surface area contributed by atoms with E-state index in [0.29, 0.717) is 6.61 Å². The summed E-state index contributed by atoms with van der Waals surface area (Å²) in [6, 6.07) is 0.0417. The summed E-state index contributed by atoms with van der Waals surface area (Å²) in [6.45, 7) is 6.85. The molecule has 0 aromatic heterocycles. The van der Waals surface area contributed by atoms with Crippen molar-refractivity contribution in [2.75, 3.05) is 20.3 Å². The van der Waals surface area contributed by atoms with Gasteiger partial charge in [0.05, 0.1) is 19.3 Å². The second kappa shape index (κ2) is 4.70. The molecule has 0 saturated heterocycles. The fourth-order valence-electron chi connectivity index (χ4n) is 0.954. The van der Waals surface area contributed by atoms with Gasteiger partial charge >= 0.3 is 0 Å². The number of aliphatic hydroxyl groups is 1. The standard InChI is InChI=1S/C8H19NO2/c1-8(2,3)9-7(5-10)6-11-4/h7,9-10H,5-6H2,1-4H3/t7-/m1/s1. The van der Waals surface area contributed by atoms with Crippen LogP contribution in [-0.4, -0.2) is 37.0 Å². The normalized spacial score (nSPS) is 15.0. The lowest BCUT2D eigenvalue weighted by molar-refractivity contribution is 0.114. The monoisotopic (exact) mass is 161 g/mol. The molecule has 0 aliphatic heterocycles. The number of ether oxygens (including phenoxy) is 1. The van der Waals surface area contributed by atoms with Gasteiger partial charge in [-0.2, -0.15) is 0 Å². The van der Waals surface area contributed by atoms with E-state index in [9.17, 15) is 0 Å². The lowest BCUT2D eigenvalue weighted by Crippen LogP contribution is -2.47. The van der Waals surface area contributed by atoms with Crippen LogP contribution in [0.1, 0.15) is 20.8 Å². The van der Waals surface area contributed by atoms with Crippen LogP contribution in [0, 0.1) is 0 Å². The third kappa shape index (κ3) is 6.28. The van der Waals surface area contributed by atoms with Gasteiger partial charge in [0.15, 0.2) is 0 Å². The summed E-state index contributed by atoms with van der Waals surface area (Å²) in [5.74, 6) is 0. The first-order valence-electron chi connectivity index (χ1n) is 3.87. The van der Waals surface area contributed by atoms with E-state index in [0.717, 1.165) is 0 Å². The molecule has 0 saturated carbocycles. The first kappa shape index (κ1) is 10.9. The molecule has 3 nitrogen and oxygen atoms in total. The third-order valence-electron chi connectivity index (χ3n) is 1.23. The minimum Gasteiger partial charge on any atom is -0.395 e. The molecular weight excluding hydrogens is 142 g/mol. The highest BCUT2D eigenvalue weighted by atomic mass is 16.5. The maximum absolute atomic E-state index is 8.88. The van der Waals surface area contributed by atoms with Gasteiger partial charge in [0, 0.05) is 12.6 Å². The molecule has 0 unspecified atom stereocenters. The lowest BCUT2D eigenvalue weighted by atomic mass is 10.1. The quantitative estimate of drug-likeness (QED) is 0.626. The summed E-state index contributed by atoms with van der Waals surface area (Å²) < 4.78 is 4.92. The Morgan fingerprint density at radius 2 is 2.00 bits per heavy atom. The molecule has 0 aliphatic carbocycles. The van der Waals surface area contributed by atoms with E-state index in [2.05, 4.69) is 26.1 Å². The van der Waals surface area contributed by atoms with E-state index in [-0.39, 0.29) is 18.2 Å². The van der Waals surface area contributed by atoms with Crippen LogP contribution >= 0.6 is 0 Å². The van der Waals surface area contributed by atoms with Crippen LogP contribution in [0.5, 0.6) is 0 Å². The predicted octanol–water partition coefficient (Wildman–Crippen LogP) is 0.382. The highest BCUT2D eigenvalue weighted by molar-refractivity contribution is 4.76. The lowest BCUT2D eigenvalue weighted by Gasteiger charge is -2.26. The van der Waals surface area contributed by atoms with Crippen molar-refractivity contribution < 1.29 is 9.84 Å². The van der Waals surface area contributed by atoms with E-state index >= 15 is 0 Å². The zero-order valence-corrected chi connectivity index (χ0v) is 7.85. The molecule has 0 fully saturated rings. The van der Waals surface area contributed by atoms with Gasteiger partial charge in [-0.25, -0.2) is 0 Å². The van der Waals surface area contributed by atoms with Crippen LogP contribution in [-0.2, 0) is 4.74 Å². The molecule has 11 heavy (non-hydrogen) atoms. The number of hydrogen-bond acceptors (Lipinski definition) is 3. The second-order valence-electron chi connectivity index (χ2n) is 3.73. The Hall–Kier alpha value is -0.120. The molecule has 0 aliphatic rings. The van der Waals surface area contributed by atoms with Gasteiger partial charge in [0.25, 0.3) is 0 Å². The first-order chi connectivity index (χ1) is 4.99. The van der Waals surface area contributed by atoms with E-state index < -0.39 is 0 Å². The van der Waals surface area contributed by atoms with Crippen LogP contribution < -0.4 is 5.32 Å². The Balaban J connectivity index is 3.68.